The number of benzene rings is 1. The van der Waals surface area contributed by atoms with E-state index >= 15 is 0 Å². The molecule has 1 saturated carbocycles. The van der Waals surface area contributed by atoms with Crippen LogP contribution < -0.4 is 0 Å². The van der Waals surface area contributed by atoms with Gasteiger partial charge in [0.05, 0.1) is 0 Å². The molecule has 1 aromatic carbocycles. The van der Waals surface area contributed by atoms with Crippen molar-refractivity contribution in [2.45, 2.75) is 73.1 Å². The van der Waals surface area contributed by atoms with Gasteiger partial charge in [0, 0.05) is 12.3 Å². The smallest absolute Gasteiger partial charge is 0.136 e. The molecule has 0 N–H and O–H groups in total. The molecule has 0 amide bonds. The van der Waals surface area contributed by atoms with Gasteiger partial charge in [-0.05, 0) is 61.8 Å². The van der Waals surface area contributed by atoms with Crippen LogP contribution in [0.5, 0.6) is 0 Å². The predicted molar refractivity (Wildman–Crippen MR) is 98.6 cm³/mol. The number of aryl methyl sites for hydroxylation is 2. The molecule has 1 fully saturated rings. The van der Waals surface area contributed by atoms with Crippen molar-refractivity contribution in [3.63, 3.8) is 0 Å². The zero-order chi connectivity index (χ0) is 17.0. The molecule has 0 heterocycles. The molecule has 2 atom stereocenters. The average Bonchev–Trinajstić information content (AvgIpc) is 2.48. The summed E-state index contributed by atoms with van der Waals surface area (Å²) in [5, 5.41) is 0. The van der Waals surface area contributed by atoms with E-state index in [2.05, 4.69) is 58.9 Å². The van der Waals surface area contributed by atoms with Crippen molar-refractivity contribution in [2.75, 3.05) is 0 Å². The molecule has 1 aromatic rings. The molecule has 2 unspecified atom stereocenters. The zero-order valence-corrected chi connectivity index (χ0v) is 15.7. The van der Waals surface area contributed by atoms with Crippen molar-refractivity contribution in [2.24, 2.45) is 23.2 Å². The Morgan fingerprint density at radius 1 is 1.22 bits per heavy atom. The van der Waals surface area contributed by atoms with E-state index in [4.69, 9.17) is 0 Å². The number of hydrogen-bond donors (Lipinski definition) is 0. The molecular weight excluding hydrogens is 280 g/mol. The fourth-order valence-electron chi connectivity index (χ4n) is 4.16. The summed E-state index contributed by atoms with van der Waals surface area (Å²) < 4.78 is 0. The molecule has 1 heteroatoms. The second-order valence-corrected chi connectivity index (χ2v) is 8.73. The highest BCUT2D eigenvalue weighted by Crippen LogP contribution is 2.45. The first kappa shape index (κ1) is 18.2. The third-order valence-corrected chi connectivity index (χ3v) is 5.72. The maximum atomic E-state index is 12.8. The van der Waals surface area contributed by atoms with Gasteiger partial charge in [0.2, 0.25) is 0 Å². The van der Waals surface area contributed by atoms with Crippen molar-refractivity contribution in [3.05, 3.63) is 35.4 Å². The van der Waals surface area contributed by atoms with E-state index in [0.29, 0.717) is 23.0 Å². The number of Topliss-reactive ketones (excluding diaryl/α,β-unsaturated/α-hetero) is 1. The lowest BCUT2D eigenvalue weighted by Crippen LogP contribution is -2.37. The van der Waals surface area contributed by atoms with E-state index in [-0.39, 0.29) is 5.92 Å². The number of hydrogen-bond acceptors (Lipinski definition) is 1. The Balaban J connectivity index is 1.90. The van der Waals surface area contributed by atoms with Gasteiger partial charge in [-0.15, -0.1) is 0 Å². The van der Waals surface area contributed by atoms with Crippen molar-refractivity contribution < 1.29 is 4.79 Å². The van der Waals surface area contributed by atoms with Gasteiger partial charge in [-0.3, -0.25) is 4.79 Å². The fraction of sp³-hybridized carbons (Fsp3) is 0.682. The minimum atomic E-state index is 0.289. The van der Waals surface area contributed by atoms with Crippen molar-refractivity contribution in [3.8, 4) is 0 Å². The van der Waals surface area contributed by atoms with E-state index < -0.39 is 0 Å². The van der Waals surface area contributed by atoms with Crippen LogP contribution in [0.1, 0.15) is 70.9 Å². The van der Waals surface area contributed by atoms with E-state index in [0.717, 1.165) is 25.7 Å². The summed E-state index contributed by atoms with van der Waals surface area (Å²) in [6.45, 7) is 11.3. The first-order chi connectivity index (χ1) is 10.8. The Bertz CT molecular complexity index is 509. The molecule has 128 valence electrons. The Kier molecular flexibility index (Phi) is 6.06. The summed E-state index contributed by atoms with van der Waals surface area (Å²) in [6, 6.07) is 8.71. The van der Waals surface area contributed by atoms with Crippen molar-refractivity contribution >= 4 is 5.78 Å². The average molecular weight is 315 g/mol. The van der Waals surface area contributed by atoms with Crippen LogP contribution in [0.3, 0.4) is 0 Å². The van der Waals surface area contributed by atoms with Crippen LogP contribution in [0.25, 0.3) is 0 Å². The summed E-state index contributed by atoms with van der Waals surface area (Å²) >= 11 is 0. The number of carbonyl (C=O) groups excluding carboxylic acids is 1. The maximum Gasteiger partial charge on any atom is 0.136 e. The second kappa shape index (κ2) is 7.64. The monoisotopic (exact) mass is 314 g/mol. The van der Waals surface area contributed by atoms with Gasteiger partial charge in [0.25, 0.3) is 0 Å². The summed E-state index contributed by atoms with van der Waals surface area (Å²) in [7, 11) is 0. The fourth-order valence-corrected chi connectivity index (χ4v) is 4.16. The Morgan fingerprint density at radius 2 is 1.87 bits per heavy atom. The molecule has 0 spiro atoms. The molecule has 0 radical (unpaired) electrons. The van der Waals surface area contributed by atoms with Gasteiger partial charge in [0.1, 0.15) is 5.78 Å². The molecule has 0 aliphatic heterocycles. The molecule has 23 heavy (non-hydrogen) atoms. The molecule has 0 saturated heterocycles. The molecular formula is C22H34O. The molecule has 0 aromatic heterocycles. The molecule has 1 nitrogen and oxygen atoms in total. The third-order valence-electron chi connectivity index (χ3n) is 5.72. The predicted octanol–water partition coefficient (Wildman–Crippen LogP) is 5.99. The molecule has 2 rings (SSSR count). The van der Waals surface area contributed by atoms with Crippen LogP contribution in [0.15, 0.2) is 24.3 Å². The maximum absolute atomic E-state index is 12.8. The number of carbonyl (C=O) groups is 1. The van der Waals surface area contributed by atoms with Crippen molar-refractivity contribution in [1.82, 2.24) is 0 Å². The van der Waals surface area contributed by atoms with Gasteiger partial charge in [-0.2, -0.15) is 0 Å². The standard InChI is InChI=1S/C22H34O/c1-16(2)19-13-14-22(4,5)15-20(19)21(23)8-6-7-18-11-9-17(3)10-12-18/h9-12,16,19-20H,6-8,13-15H2,1-5H3. The van der Waals surface area contributed by atoms with Crippen molar-refractivity contribution in [1.29, 1.82) is 0 Å². The topological polar surface area (TPSA) is 17.1 Å². The quantitative estimate of drug-likeness (QED) is 0.630. The molecule has 0 bridgehead atoms. The summed E-state index contributed by atoms with van der Waals surface area (Å²) in [5.41, 5.74) is 2.99. The number of ketones is 1. The van der Waals surface area contributed by atoms with E-state index in [1.165, 1.54) is 24.0 Å². The lowest BCUT2D eigenvalue weighted by Gasteiger charge is -2.42. The highest BCUT2D eigenvalue weighted by molar-refractivity contribution is 5.81. The lowest BCUT2D eigenvalue weighted by molar-refractivity contribution is -0.128. The lowest BCUT2D eigenvalue weighted by atomic mass is 9.62. The van der Waals surface area contributed by atoms with Gasteiger partial charge in [0.15, 0.2) is 0 Å². The Labute approximate surface area is 142 Å². The Hall–Kier alpha value is -1.11. The summed E-state index contributed by atoms with van der Waals surface area (Å²) in [5.74, 6) is 2.02. The van der Waals surface area contributed by atoms with Crippen LogP contribution in [0.2, 0.25) is 0 Å². The van der Waals surface area contributed by atoms with E-state index in [9.17, 15) is 4.79 Å². The third kappa shape index (κ3) is 5.19. The van der Waals surface area contributed by atoms with Crippen LogP contribution in [-0.2, 0) is 11.2 Å². The van der Waals surface area contributed by atoms with E-state index in [1.54, 1.807) is 0 Å². The first-order valence-corrected chi connectivity index (χ1v) is 9.37. The number of rotatable bonds is 6. The first-order valence-electron chi connectivity index (χ1n) is 9.37. The minimum Gasteiger partial charge on any atom is -0.299 e. The second-order valence-electron chi connectivity index (χ2n) is 8.73. The van der Waals surface area contributed by atoms with Gasteiger partial charge in [-0.25, -0.2) is 0 Å². The van der Waals surface area contributed by atoms with Crippen LogP contribution >= 0.6 is 0 Å². The SMILES string of the molecule is Cc1ccc(CCCC(=O)C2CC(C)(C)CCC2C(C)C)cc1. The molecule has 1 aliphatic rings. The highest BCUT2D eigenvalue weighted by atomic mass is 16.1. The van der Waals surface area contributed by atoms with Crippen LogP contribution in [0.4, 0.5) is 0 Å². The van der Waals surface area contributed by atoms with Crippen LogP contribution in [-0.4, -0.2) is 5.78 Å². The largest absolute Gasteiger partial charge is 0.299 e. The zero-order valence-electron chi connectivity index (χ0n) is 15.7. The van der Waals surface area contributed by atoms with E-state index in [1.807, 2.05) is 0 Å². The minimum absolute atomic E-state index is 0.289. The highest BCUT2D eigenvalue weighted by Gasteiger charge is 2.39. The molecule has 1 aliphatic carbocycles. The van der Waals surface area contributed by atoms with Gasteiger partial charge in [-0.1, -0.05) is 57.5 Å². The van der Waals surface area contributed by atoms with Gasteiger partial charge < -0.3 is 0 Å². The summed E-state index contributed by atoms with van der Waals surface area (Å²) in [6.07, 6.45) is 6.33. The van der Waals surface area contributed by atoms with Gasteiger partial charge >= 0.3 is 0 Å². The normalized spacial score (nSPS) is 23.9. The Morgan fingerprint density at radius 3 is 2.48 bits per heavy atom. The van der Waals surface area contributed by atoms with Crippen LogP contribution in [0, 0.1) is 30.1 Å². The summed E-state index contributed by atoms with van der Waals surface area (Å²) in [4.78, 5) is 12.8.